The maximum Gasteiger partial charge on any atom is 0.0696 e. The van der Waals surface area contributed by atoms with Crippen LogP contribution in [-0.4, -0.2) is 8.97 Å². The summed E-state index contributed by atoms with van der Waals surface area (Å²) in [7, 11) is 0. The van der Waals surface area contributed by atoms with Crippen molar-refractivity contribution in [2.45, 2.75) is 0 Å². The first-order valence-corrected chi connectivity index (χ1v) is 12.2. The Balaban J connectivity index is 1.85. The molecule has 0 fully saturated rings. The van der Waals surface area contributed by atoms with Gasteiger partial charge in [-0.2, -0.15) is 0 Å². The predicted molar refractivity (Wildman–Crippen MR) is 148 cm³/mol. The summed E-state index contributed by atoms with van der Waals surface area (Å²) in [6.45, 7) is 0. The fourth-order valence-corrected chi connectivity index (χ4v) is 6.69. The van der Waals surface area contributed by atoms with Gasteiger partial charge in [0.25, 0.3) is 0 Å². The highest BCUT2D eigenvalue weighted by molar-refractivity contribution is 14.1. The third-order valence-electron chi connectivity index (χ3n) is 7.09. The van der Waals surface area contributed by atoms with E-state index in [1.165, 1.54) is 69.2 Å². The van der Waals surface area contributed by atoms with Crippen LogP contribution >= 0.6 is 22.6 Å². The molecule has 154 valence electrons. The summed E-state index contributed by atoms with van der Waals surface area (Å²) < 4.78 is 6.22. The predicted octanol–water partition coefficient (Wildman–Crippen LogP) is 8.54. The van der Waals surface area contributed by atoms with Gasteiger partial charge in [-0.3, -0.25) is 0 Å². The lowest BCUT2D eigenvalue weighted by Crippen LogP contribution is -1.95. The number of para-hydroxylation sites is 3. The fourth-order valence-electron chi connectivity index (χ4n) is 5.87. The highest BCUT2D eigenvalue weighted by Gasteiger charge is 2.24. The van der Waals surface area contributed by atoms with E-state index in [0.29, 0.717) is 0 Å². The smallest absolute Gasteiger partial charge is 0.0696 e. The van der Waals surface area contributed by atoms with E-state index in [1.54, 1.807) is 0 Å². The Morgan fingerprint density at radius 3 is 1.85 bits per heavy atom. The zero-order chi connectivity index (χ0) is 21.7. The molecule has 0 saturated carbocycles. The van der Waals surface area contributed by atoms with E-state index < -0.39 is 0 Å². The quantitative estimate of drug-likeness (QED) is 0.188. The van der Waals surface area contributed by atoms with Crippen molar-refractivity contribution in [2.75, 3.05) is 0 Å². The molecule has 5 aromatic carbocycles. The van der Waals surface area contributed by atoms with Crippen LogP contribution in [0.4, 0.5) is 0 Å². The molecule has 8 rings (SSSR count). The molecular formula is C30H17IN2. The minimum Gasteiger partial charge on any atom is -0.308 e. The second-order valence-corrected chi connectivity index (χ2v) is 9.88. The maximum atomic E-state index is 2.54. The Morgan fingerprint density at radius 2 is 1.09 bits per heavy atom. The summed E-state index contributed by atoms with van der Waals surface area (Å²) in [6.07, 6.45) is 0. The van der Waals surface area contributed by atoms with Crippen molar-refractivity contribution in [1.29, 1.82) is 0 Å². The van der Waals surface area contributed by atoms with Crippen LogP contribution in [0.1, 0.15) is 0 Å². The highest BCUT2D eigenvalue weighted by atomic mass is 127. The van der Waals surface area contributed by atoms with Crippen LogP contribution < -0.4 is 0 Å². The van der Waals surface area contributed by atoms with Crippen LogP contribution in [0, 0.1) is 3.57 Å². The van der Waals surface area contributed by atoms with Gasteiger partial charge in [0.1, 0.15) is 0 Å². The summed E-state index contributed by atoms with van der Waals surface area (Å²) in [5.74, 6) is 0. The van der Waals surface area contributed by atoms with Gasteiger partial charge in [-0.15, -0.1) is 0 Å². The maximum absolute atomic E-state index is 2.54. The third kappa shape index (κ3) is 2.14. The van der Waals surface area contributed by atoms with Crippen LogP contribution in [0.5, 0.6) is 0 Å². The lowest BCUT2D eigenvalue weighted by atomic mass is 10.0. The van der Waals surface area contributed by atoms with E-state index in [0.717, 1.165) is 0 Å². The van der Waals surface area contributed by atoms with Crippen LogP contribution in [0.25, 0.3) is 65.6 Å². The van der Waals surface area contributed by atoms with Gasteiger partial charge < -0.3 is 8.97 Å². The number of aromatic nitrogens is 2. The summed E-state index contributed by atoms with van der Waals surface area (Å²) >= 11 is 2.54. The number of halogens is 1. The van der Waals surface area contributed by atoms with E-state index in [-0.39, 0.29) is 0 Å². The van der Waals surface area contributed by atoms with Crippen LogP contribution in [0.3, 0.4) is 0 Å². The zero-order valence-electron chi connectivity index (χ0n) is 17.6. The molecule has 0 unspecified atom stereocenters. The van der Waals surface area contributed by atoms with Gasteiger partial charge in [0, 0.05) is 36.2 Å². The van der Waals surface area contributed by atoms with Crippen molar-refractivity contribution >= 4 is 82.5 Å². The first kappa shape index (κ1) is 17.9. The molecule has 2 nitrogen and oxygen atoms in total. The average molecular weight is 532 g/mol. The Hall–Kier alpha value is -3.57. The first-order valence-electron chi connectivity index (χ1n) is 11.2. The topological polar surface area (TPSA) is 9.34 Å². The molecule has 0 atom stereocenters. The van der Waals surface area contributed by atoms with E-state index in [4.69, 9.17) is 0 Å². The van der Waals surface area contributed by atoms with Gasteiger partial charge >= 0.3 is 0 Å². The number of nitrogens with zero attached hydrogens (tertiary/aromatic N) is 2. The highest BCUT2D eigenvalue weighted by Crippen LogP contribution is 2.46. The van der Waals surface area contributed by atoms with Gasteiger partial charge in [0.05, 0.1) is 27.6 Å². The van der Waals surface area contributed by atoms with Gasteiger partial charge in [0.15, 0.2) is 0 Å². The van der Waals surface area contributed by atoms with E-state index in [1.807, 2.05) is 0 Å². The second-order valence-electron chi connectivity index (χ2n) is 8.72. The van der Waals surface area contributed by atoms with E-state index in [2.05, 4.69) is 135 Å². The average Bonchev–Trinajstić information content (AvgIpc) is 3.34. The van der Waals surface area contributed by atoms with Gasteiger partial charge in [-0.25, -0.2) is 0 Å². The molecule has 0 aliphatic rings. The Kier molecular flexibility index (Phi) is 3.40. The van der Waals surface area contributed by atoms with Gasteiger partial charge in [-0.1, -0.05) is 66.7 Å². The lowest BCUT2D eigenvalue weighted by molar-refractivity contribution is 1.18. The molecule has 3 aromatic heterocycles. The van der Waals surface area contributed by atoms with Crippen molar-refractivity contribution in [1.82, 2.24) is 8.97 Å². The number of hydrogen-bond donors (Lipinski definition) is 0. The third-order valence-corrected chi connectivity index (χ3v) is 7.91. The van der Waals surface area contributed by atoms with Crippen molar-refractivity contribution in [3.05, 3.63) is 107 Å². The Bertz CT molecular complexity index is 2030. The summed E-state index contributed by atoms with van der Waals surface area (Å²) in [5, 5.41) is 7.90. The molecule has 8 aromatic rings. The Morgan fingerprint density at radius 1 is 0.485 bits per heavy atom. The largest absolute Gasteiger partial charge is 0.308 e. The van der Waals surface area contributed by atoms with Gasteiger partial charge in [0.2, 0.25) is 0 Å². The monoisotopic (exact) mass is 532 g/mol. The summed E-state index contributed by atoms with van der Waals surface area (Å²) in [5.41, 5.74) is 7.56. The minimum atomic E-state index is 1.20. The van der Waals surface area contributed by atoms with E-state index >= 15 is 0 Å². The number of fused-ring (bicyclic) bond motifs is 6. The molecule has 0 saturated heterocycles. The van der Waals surface area contributed by atoms with Crippen molar-refractivity contribution in [3.63, 3.8) is 0 Å². The van der Waals surface area contributed by atoms with Crippen molar-refractivity contribution < 1.29 is 0 Å². The number of hydrogen-bond acceptors (Lipinski definition) is 0. The SMILES string of the molecule is Ic1cc2c3ccccc3n3c4ccccc4c4cccc5c4c(c1n5-c1ccccc1)c23. The molecule has 33 heavy (non-hydrogen) atoms. The molecule has 3 heterocycles. The van der Waals surface area contributed by atoms with Crippen molar-refractivity contribution in [3.8, 4) is 5.69 Å². The number of benzene rings is 5. The minimum absolute atomic E-state index is 1.20. The molecule has 0 spiro atoms. The normalized spacial score (nSPS) is 12.4. The standard InChI is InChI=1S/C30H17IN2/c31-23-17-22-20-12-5-7-15-25(20)33-24-14-6-4-11-19(24)21-13-8-16-26-27(21)28(29(22)33)30(23)32(26)18-9-2-1-3-10-18/h1-17H. The van der Waals surface area contributed by atoms with Crippen LogP contribution in [0.2, 0.25) is 0 Å². The number of rotatable bonds is 1. The molecule has 0 amide bonds. The summed E-state index contributed by atoms with van der Waals surface area (Å²) in [6, 6.07) is 37.6. The summed E-state index contributed by atoms with van der Waals surface area (Å²) in [4.78, 5) is 0. The molecular weight excluding hydrogens is 515 g/mol. The molecule has 0 radical (unpaired) electrons. The first-order chi connectivity index (χ1) is 16.3. The van der Waals surface area contributed by atoms with E-state index in [9.17, 15) is 0 Å². The van der Waals surface area contributed by atoms with Crippen LogP contribution in [0.15, 0.2) is 103 Å². The molecule has 0 N–H and O–H groups in total. The second kappa shape index (κ2) is 6.27. The Labute approximate surface area is 203 Å². The fraction of sp³-hybridized carbons (Fsp3) is 0. The van der Waals surface area contributed by atoms with Crippen molar-refractivity contribution in [2.24, 2.45) is 0 Å². The molecule has 0 aliphatic carbocycles. The lowest BCUT2D eigenvalue weighted by Gasteiger charge is -2.10. The van der Waals surface area contributed by atoms with Gasteiger partial charge in [-0.05, 0) is 64.4 Å². The zero-order valence-corrected chi connectivity index (χ0v) is 19.7. The molecule has 3 heteroatoms. The van der Waals surface area contributed by atoms with Crippen LogP contribution in [-0.2, 0) is 0 Å². The molecule has 0 aliphatic heterocycles. The molecule has 0 bridgehead atoms.